The van der Waals surface area contributed by atoms with E-state index in [-0.39, 0.29) is 5.38 Å². The Hall–Kier alpha value is -0.930. The van der Waals surface area contributed by atoms with Crippen molar-refractivity contribution in [2.24, 2.45) is 0 Å². The number of hydrogen-bond donors (Lipinski definition) is 0. The first kappa shape index (κ1) is 13.5. The zero-order valence-corrected chi connectivity index (χ0v) is 12.8. The largest absolute Gasteiger partial charge is 0.496 e. The maximum absolute atomic E-state index is 6.55. The molecule has 2 nitrogen and oxygen atoms in total. The molecule has 2 rings (SSSR count). The standard InChI is InChI=1S/C14H14BrClO2/c1-8-6-11(15)9(2)12(14(8)17-3)13(16)10-4-5-18-7-10/h4-7,13H,1-3H3. The average Bonchev–Trinajstić information content (AvgIpc) is 2.86. The summed E-state index contributed by atoms with van der Waals surface area (Å²) in [5, 5.41) is -0.283. The van der Waals surface area contributed by atoms with Crippen LogP contribution in [0.25, 0.3) is 0 Å². The van der Waals surface area contributed by atoms with Crippen LogP contribution in [0.1, 0.15) is 27.6 Å². The lowest BCUT2D eigenvalue weighted by Gasteiger charge is -2.19. The van der Waals surface area contributed by atoms with Gasteiger partial charge in [-0.25, -0.2) is 0 Å². The summed E-state index contributed by atoms with van der Waals surface area (Å²) in [5.74, 6) is 0.830. The first-order valence-electron chi connectivity index (χ1n) is 5.56. The maximum atomic E-state index is 6.55. The summed E-state index contributed by atoms with van der Waals surface area (Å²) in [6.45, 7) is 4.03. The molecule has 0 radical (unpaired) electrons. The fourth-order valence-electron chi connectivity index (χ4n) is 2.04. The molecule has 0 amide bonds. The predicted molar refractivity (Wildman–Crippen MR) is 76.6 cm³/mol. The Bertz CT molecular complexity index is 549. The fraction of sp³-hybridized carbons (Fsp3) is 0.286. The number of benzene rings is 1. The van der Waals surface area contributed by atoms with Crippen molar-refractivity contribution in [1.29, 1.82) is 0 Å². The molecule has 1 atom stereocenters. The summed E-state index contributed by atoms with van der Waals surface area (Å²) >= 11 is 10.1. The normalized spacial score (nSPS) is 12.5. The van der Waals surface area contributed by atoms with Crippen LogP contribution in [0.4, 0.5) is 0 Å². The smallest absolute Gasteiger partial charge is 0.127 e. The molecule has 0 aliphatic heterocycles. The molecule has 1 unspecified atom stereocenters. The lowest BCUT2D eigenvalue weighted by Crippen LogP contribution is -2.02. The number of halogens is 2. The lowest BCUT2D eigenvalue weighted by molar-refractivity contribution is 0.406. The van der Waals surface area contributed by atoms with E-state index in [1.54, 1.807) is 19.6 Å². The summed E-state index contributed by atoms with van der Waals surface area (Å²) in [4.78, 5) is 0. The quantitative estimate of drug-likeness (QED) is 0.740. The van der Waals surface area contributed by atoms with Crippen LogP contribution in [-0.4, -0.2) is 7.11 Å². The lowest BCUT2D eigenvalue weighted by atomic mass is 9.98. The van der Waals surface area contributed by atoms with Gasteiger partial charge < -0.3 is 9.15 Å². The van der Waals surface area contributed by atoms with Gasteiger partial charge in [0.1, 0.15) is 5.75 Å². The third-order valence-corrected chi connectivity index (χ3v) is 4.30. The summed E-state index contributed by atoms with van der Waals surface area (Å²) < 4.78 is 11.6. The topological polar surface area (TPSA) is 22.4 Å². The van der Waals surface area contributed by atoms with Gasteiger partial charge in [0, 0.05) is 15.6 Å². The summed E-state index contributed by atoms with van der Waals surface area (Å²) in [5.41, 5.74) is 4.04. The zero-order valence-electron chi connectivity index (χ0n) is 10.5. The van der Waals surface area contributed by atoms with Crippen molar-refractivity contribution in [3.8, 4) is 5.75 Å². The molecule has 1 aromatic carbocycles. The van der Waals surface area contributed by atoms with E-state index in [0.717, 1.165) is 32.5 Å². The molecular weight excluding hydrogens is 316 g/mol. The maximum Gasteiger partial charge on any atom is 0.127 e. The molecular formula is C14H14BrClO2. The van der Waals surface area contributed by atoms with Crippen molar-refractivity contribution < 1.29 is 9.15 Å². The van der Waals surface area contributed by atoms with Crippen LogP contribution in [0.3, 0.4) is 0 Å². The Morgan fingerprint density at radius 1 is 1.39 bits per heavy atom. The molecule has 0 bridgehead atoms. The molecule has 0 saturated carbocycles. The van der Waals surface area contributed by atoms with Gasteiger partial charge in [0.25, 0.3) is 0 Å². The van der Waals surface area contributed by atoms with Crippen LogP contribution in [0.5, 0.6) is 5.75 Å². The summed E-state index contributed by atoms with van der Waals surface area (Å²) in [6.07, 6.45) is 3.28. The van der Waals surface area contributed by atoms with Gasteiger partial charge in [0.15, 0.2) is 0 Å². The number of ether oxygens (including phenoxy) is 1. The van der Waals surface area contributed by atoms with Crippen molar-refractivity contribution in [2.45, 2.75) is 19.2 Å². The number of hydrogen-bond acceptors (Lipinski definition) is 2. The summed E-state index contributed by atoms with van der Waals surface area (Å²) in [6, 6.07) is 3.91. The van der Waals surface area contributed by atoms with Crippen LogP contribution < -0.4 is 4.74 Å². The molecule has 0 spiro atoms. The Morgan fingerprint density at radius 3 is 2.67 bits per heavy atom. The van der Waals surface area contributed by atoms with E-state index in [1.807, 2.05) is 26.0 Å². The molecule has 0 aliphatic carbocycles. The van der Waals surface area contributed by atoms with Gasteiger partial charge in [-0.05, 0) is 37.1 Å². The summed E-state index contributed by atoms with van der Waals surface area (Å²) in [7, 11) is 1.66. The van der Waals surface area contributed by atoms with E-state index in [2.05, 4.69) is 15.9 Å². The van der Waals surface area contributed by atoms with Crippen molar-refractivity contribution in [3.05, 3.63) is 51.4 Å². The number of furan rings is 1. The van der Waals surface area contributed by atoms with Crippen molar-refractivity contribution in [3.63, 3.8) is 0 Å². The SMILES string of the molecule is COc1c(C)cc(Br)c(C)c1C(Cl)c1ccoc1. The van der Waals surface area contributed by atoms with Crippen molar-refractivity contribution in [1.82, 2.24) is 0 Å². The number of rotatable bonds is 3. The van der Waals surface area contributed by atoms with Crippen molar-refractivity contribution in [2.75, 3.05) is 7.11 Å². The van der Waals surface area contributed by atoms with Crippen LogP contribution in [0.15, 0.2) is 33.5 Å². The Labute approximate surface area is 120 Å². The Morgan fingerprint density at radius 2 is 2.11 bits per heavy atom. The van der Waals surface area contributed by atoms with Gasteiger partial charge in [-0.1, -0.05) is 15.9 Å². The number of alkyl halides is 1. The first-order valence-corrected chi connectivity index (χ1v) is 6.79. The van der Waals surface area contributed by atoms with Crippen LogP contribution >= 0.6 is 27.5 Å². The predicted octanol–water partition coefficient (Wildman–Crippen LogP) is 5.00. The molecule has 96 valence electrons. The van der Waals surface area contributed by atoms with E-state index < -0.39 is 0 Å². The van der Waals surface area contributed by atoms with Gasteiger partial charge in [0.05, 0.1) is 25.0 Å². The third-order valence-electron chi connectivity index (χ3n) is 3.00. The van der Waals surface area contributed by atoms with Crippen LogP contribution in [0.2, 0.25) is 0 Å². The second kappa shape index (κ2) is 5.37. The molecule has 0 aliphatic rings. The highest BCUT2D eigenvalue weighted by Crippen LogP contribution is 2.41. The first-order chi connectivity index (χ1) is 8.56. The molecule has 4 heteroatoms. The highest BCUT2D eigenvalue weighted by molar-refractivity contribution is 9.10. The highest BCUT2D eigenvalue weighted by Gasteiger charge is 2.22. The van der Waals surface area contributed by atoms with Gasteiger partial charge in [-0.15, -0.1) is 11.6 Å². The van der Waals surface area contributed by atoms with Crippen LogP contribution in [-0.2, 0) is 0 Å². The van der Waals surface area contributed by atoms with E-state index in [0.29, 0.717) is 0 Å². The van der Waals surface area contributed by atoms with Gasteiger partial charge in [-0.2, -0.15) is 0 Å². The molecule has 1 heterocycles. The monoisotopic (exact) mass is 328 g/mol. The molecule has 0 saturated heterocycles. The number of aryl methyl sites for hydroxylation is 1. The van der Waals surface area contributed by atoms with Gasteiger partial charge >= 0.3 is 0 Å². The van der Waals surface area contributed by atoms with Gasteiger partial charge in [-0.3, -0.25) is 0 Å². The van der Waals surface area contributed by atoms with E-state index >= 15 is 0 Å². The minimum absolute atomic E-state index is 0.283. The minimum atomic E-state index is -0.283. The van der Waals surface area contributed by atoms with E-state index in [1.165, 1.54) is 0 Å². The van der Waals surface area contributed by atoms with E-state index in [9.17, 15) is 0 Å². The highest BCUT2D eigenvalue weighted by atomic mass is 79.9. The second-order valence-corrected chi connectivity index (χ2v) is 5.46. The van der Waals surface area contributed by atoms with E-state index in [4.69, 9.17) is 20.8 Å². The fourth-order valence-corrected chi connectivity index (χ4v) is 2.98. The third kappa shape index (κ3) is 2.29. The molecule has 2 aromatic rings. The molecule has 0 fully saturated rings. The number of methoxy groups -OCH3 is 1. The Kier molecular flexibility index (Phi) is 4.03. The van der Waals surface area contributed by atoms with Crippen molar-refractivity contribution >= 4 is 27.5 Å². The molecule has 0 N–H and O–H groups in total. The minimum Gasteiger partial charge on any atom is -0.496 e. The molecule has 18 heavy (non-hydrogen) atoms. The van der Waals surface area contributed by atoms with Crippen LogP contribution in [0, 0.1) is 13.8 Å². The molecule has 1 aromatic heterocycles. The average molecular weight is 330 g/mol. The Balaban J connectivity index is 2.62. The zero-order chi connectivity index (χ0) is 13.3. The van der Waals surface area contributed by atoms with Gasteiger partial charge in [0.2, 0.25) is 0 Å². The second-order valence-electron chi connectivity index (χ2n) is 4.17.